The first-order valence-electron chi connectivity index (χ1n) is 12.0. The van der Waals surface area contributed by atoms with Crippen LogP contribution in [0.5, 0.6) is 0 Å². The zero-order valence-corrected chi connectivity index (χ0v) is 21.1. The number of morpholine rings is 1. The van der Waals surface area contributed by atoms with Gasteiger partial charge in [0.2, 0.25) is 0 Å². The summed E-state index contributed by atoms with van der Waals surface area (Å²) < 4.78 is 5.64. The number of aromatic nitrogens is 3. The molecule has 11 heteroatoms. The van der Waals surface area contributed by atoms with E-state index in [1.165, 1.54) is 11.8 Å². The molecule has 1 atom stereocenters. The third-order valence-electron chi connectivity index (χ3n) is 6.22. The molecule has 5 N–H and O–H groups in total. The van der Waals surface area contributed by atoms with E-state index in [1.54, 1.807) is 6.20 Å². The van der Waals surface area contributed by atoms with Crippen molar-refractivity contribution in [3.05, 3.63) is 48.2 Å². The Hall–Kier alpha value is -3.57. The molecule has 188 valence electrons. The standard InChI is InChI=1S/C25H30N8O2S/c1-15-14-35-12-11-33(15)21-13-19(16-3-5-17(6-4-16)28-25(34)29-18-7-8-18)22(23(26)36-2)24(31-21)30-20-9-10-27-32-20/h3-6,9-10,13,15,18,26H,7-8,11-12,14H2,1-2H3,(H2,28,29,34)(H2,27,30,31,32)/t15-/m1/s1. The monoisotopic (exact) mass is 506 g/mol. The molecule has 3 aromatic rings. The molecule has 2 aliphatic rings. The maximum Gasteiger partial charge on any atom is 0.319 e. The Balaban J connectivity index is 1.54. The first-order chi connectivity index (χ1) is 17.5. The lowest BCUT2D eigenvalue weighted by Gasteiger charge is -2.35. The molecule has 1 aliphatic carbocycles. The highest BCUT2D eigenvalue weighted by atomic mass is 32.2. The molecule has 1 aromatic carbocycles. The van der Waals surface area contributed by atoms with E-state index in [1.807, 2.05) is 42.7 Å². The van der Waals surface area contributed by atoms with Crippen molar-refractivity contribution in [2.24, 2.45) is 0 Å². The largest absolute Gasteiger partial charge is 0.377 e. The first kappa shape index (κ1) is 24.1. The summed E-state index contributed by atoms with van der Waals surface area (Å²) in [5.41, 5.74) is 3.22. The van der Waals surface area contributed by atoms with Crippen molar-refractivity contribution >= 4 is 46.0 Å². The Bertz CT molecular complexity index is 1230. The minimum Gasteiger partial charge on any atom is -0.377 e. The van der Waals surface area contributed by atoms with Gasteiger partial charge in [0, 0.05) is 24.3 Å². The number of rotatable bonds is 7. The van der Waals surface area contributed by atoms with Crippen molar-refractivity contribution in [2.45, 2.75) is 31.8 Å². The van der Waals surface area contributed by atoms with Crippen LogP contribution in [0.4, 0.5) is 27.9 Å². The summed E-state index contributed by atoms with van der Waals surface area (Å²) in [4.78, 5) is 19.3. The number of amides is 2. The molecular formula is C25H30N8O2S. The fraction of sp³-hybridized carbons (Fsp3) is 0.360. The number of carbonyl (C=O) groups is 1. The molecule has 2 aromatic heterocycles. The number of anilines is 4. The van der Waals surface area contributed by atoms with Crippen molar-refractivity contribution in [3.8, 4) is 11.1 Å². The van der Waals surface area contributed by atoms with Crippen LogP contribution in [0.1, 0.15) is 25.3 Å². The molecule has 2 fully saturated rings. The topological polar surface area (TPSA) is 131 Å². The van der Waals surface area contributed by atoms with Crippen molar-refractivity contribution in [1.82, 2.24) is 20.5 Å². The number of nitrogens with one attached hydrogen (secondary N) is 5. The van der Waals surface area contributed by atoms with Crippen LogP contribution in [0, 0.1) is 5.41 Å². The molecule has 10 nitrogen and oxygen atoms in total. The van der Waals surface area contributed by atoms with Gasteiger partial charge in [0.25, 0.3) is 0 Å². The van der Waals surface area contributed by atoms with E-state index in [4.69, 9.17) is 15.1 Å². The fourth-order valence-electron chi connectivity index (χ4n) is 4.16. The van der Waals surface area contributed by atoms with Crippen LogP contribution in [-0.2, 0) is 4.74 Å². The maximum atomic E-state index is 12.2. The molecule has 3 heterocycles. The zero-order valence-electron chi connectivity index (χ0n) is 20.3. The third-order valence-corrected chi connectivity index (χ3v) is 6.83. The van der Waals surface area contributed by atoms with E-state index in [0.29, 0.717) is 47.2 Å². The number of thioether (sulfide) groups is 1. The van der Waals surface area contributed by atoms with Gasteiger partial charge in [-0.1, -0.05) is 12.1 Å². The minimum atomic E-state index is -0.186. The normalized spacial score (nSPS) is 17.5. The van der Waals surface area contributed by atoms with Gasteiger partial charge in [0.1, 0.15) is 17.5 Å². The third kappa shape index (κ3) is 5.47. The van der Waals surface area contributed by atoms with Crippen molar-refractivity contribution < 1.29 is 9.53 Å². The van der Waals surface area contributed by atoms with Crippen LogP contribution in [0.2, 0.25) is 0 Å². The molecule has 0 radical (unpaired) electrons. The summed E-state index contributed by atoms with van der Waals surface area (Å²) in [7, 11) is 0. The van der Waals surface area contributed by atoms with Gasteiger partial charge >= 0.3 is 6.03 Å². The zero-order chi connectivity index (χ0) is 25.1. The number of aromatic amines is 1. The van der Waals surface area contributed by atoms with Gasteiger partial charge in [-0.15, -0.1) is 11.8 Å². The number of hydrogen-bond acceptors (Lipinski definition) is 8. The molecule has 0 bridgehead atoms. The van der Waals surface area contributed by atoms with Gasteiger partial charge in [-0.05, 0) is 55.3 Å². The molecule has 5 rings (SSSR count). The number of benzene rings is 1. The van der Waals surface area contributed by atoms with E-state index in [9.17, 15) is 4.79 Å². The van der Waals surface area contributed by atoms with E-state index in [0.717, 1.165) is 36.3 Å². The molecule has 0 unspecified atom stereocenters. The summed E-state index contributed by atoms with van der Waals surface area (Å²) in [5.74, 6) is 2.08. The lowest BCUT2D eigenvalue weighted by atomic mass is 10.00. The number of carbonyl (C=O) groups excluding carboxylic acids is 1. The van der Waals surface area contributed by atoms with E-state index < -0.39 is 0 Å². The molecule has 1 saturated heterocycles. The van der Waals surface area contributed by atoms with Crippen molar-refractivity contribution in [1.29, 1.82) is 5.41 Å². The van der Waals surface area contributed by atoms with E-state index >= 15 is 0 Å². The van der Waals surface area contributed by atoms with Crippen molar-refractivity contribution in [2.75, 3.05) is 41.5 Å². The van der Waals surface area contributed by atoms with Crippen LogP contribution in [0.25, 0.3) is 11.1 Å². The molecule has 36 heavy (non-hydrogen) atoms. The summed E-state index contributed by atoms with van der Waals surface area (Å²) in [5, 5.41) is 25.3. The Morgan fingerprint density at radius 2 is 2.06 bits per heavy atom. The van der Waals surface area contributed by atoms with Crippen LogP contribution < -0.4 is 20.9 Å². The smallest absolute Gasteiger partial charge is 0.319 e. The number of pyridine rings is 1. The average molecular weight is 507 g/mol. The average Bonchev–Trinajstić information content (AvgIpc) is 3.54. The molecule has 1 aliphatic heterocycles. The van der Waals surface area contributed by atoms with Gasteiger partial charge in [0.05, 0.1) is 36.1 Å². The number of nitrogens with zero attached hydrogens (tertiary/aromatic N) is 3. The summed E-state index contributed by atoms with van der Waals surface area (Å²) >= 11 is 1.36. The van der Waals surface area contributed by atoms with Crippen LogP contribution in [0.15, 0.2) is 42.6 Å². The number of urea groups is 1. The predicted octanol–water partition coefficient (Wildman–Crippen LogP) is 4.41. The lowest BCUT2D eigenvalue weighted by Crippen LogP contribution is -2.44. The highest BCUT2D eigenvalue weighted by Crippen LogP contribution is 2.36. The summed E-state index contributed by atoms with van der Waals surface area (Å²) in [6, 6.07) is 11.8. The summed E-state index contributed by atoms with van der Waals surface area (Å²) in [6.45, 7) is 4.12. The van der Waals surface area contributed by atoms with Crippen LogP contribution in [0.3, 0.4) is 0 Å². The van der Waals surface area contributed by atoms with Gasteiger partial charge in [-0.2, -0.15) is 5.10 Å². The molecule has 1 saturated carbocycles. The van der Waals surface area contributed by atoms with Crippen LogP contribution in [-0.4, -0.2) is 64.4 Å². The highest BCUT2D eigenvalue weighted by molar-refractivity contribution is 8.13. The maximum absolute atomic E-state index is 12.2. The Morgan fingerprint density at radius 1 is 1.25 bits per heavy atom. The number of ether oxygens (including phenoxy) is 1. The van der Waals surface area contributed by atoms with Gasteiger partial charge in [-0.25, -0.2) is 9.78 Å². The highest BCUT2D eigenvalue weighted by Gasteiger charge is 2.26. The first-order valence-corrected chi connectivity index (χ1v) is 13.2. The lowest BCUT2D eigenvalue weighted by molar-refractivity contribution is 0.0985. The Labute approximate surface area is 214 Å². The quantitative estimate of drug-likeness (QED) is 0.237. The molecular weight excluding hydrogens is 476 g/mol. The molecule has 0 spiro atoms. The van der Waals surface area contributed by atoms with Gasteiger partial charge in [-0.3, -0.25) is 10.5 Å². The van der Waals surface area contributed by atoms with Crippen molar-refractivity contribution in [3.63, 3.8) is 0 Å². The SMILES string of the molecule is CSC(=N)c1c(-c2ccc(NC(=O)NC3CC3)cc2)cc(N2CCOC[C@H]2C)nc1Nc1ccn[nH]1. The second kappa shape index (κ2) is 10.6. The summed E-state index contributed by atoms with van der Waals surface area (Å²) in [6.07, 6.45) is 5.63. The van der Waals surface area contributed by atoms with Crippen LogP contribution >= 0.6 is 11.8 Å². The fourth-order valence-corrected chi connectivity index (χ4v) is 4.57. The minimum absolute atomic E-state index is 0.168. The number of hydrogen-bond donors (Lipinski definition) is 5. The van der Waals surface area contributed by atoms with E-state index in [-0.39, 0.29) is 12.1 Å². The molecule has 2 amide bonds. The second-order valence-corrected chi connectivity index (χ2v) is 9.76. The predicted molar refractivity (Wildman–Crippen MR) is 145 cm³/mol. The Kier molecular flexibility index (Phi) is 7.10. The second-order valence-electron chi connectivity index (χ2n) is 8.95. The van der Waals surface area contributed by atoms with E-state index in [2.05, 4.69) is 38.0 Å². The van der Waals surface area contributed by atoms with Gasteiger partial charge < -0.3 is 25.6 Å². The van der Waals surface area contributed by atoms with Gasteiger partial charge in [0.15, 0.2) is 0 Å². The Morgan fingerprint density at radius 3 is 2.72 bits per heavy atom. The number of H-pyrrole nitrogens is 1.